The van der Waals surface area contributed by atoms with Crippen molar-refractivity contribution in [2.45, 2.75) is 19.9 Å². The van der Waals surface area contributed by atoms with E-state index in [0.717, 1.165) is 24.3 Å². The Bertz CT molecular complexity index is 615. The molecular formula is C15H16Br3NOS. The molecule has 0 aliphatic rings. The van der Waals surface area contributed by atoms with Gasteiger partial charge in [-0.2, -0.15) is 0 Å². The fourth-order valence-corrected chi connectivity index (χ4v) is 5.63. The fourth-order valence-electron chi connectivity index (χ4n) is 2.14. The largest absolute Gasteiger partial charge is 0.494 e. The van der Waals surface area contributed by atoms with Crippen LogP contribution < -0.4 is 10.1 Å². The molecule has 1 unspecified atom stereocenters. The van der Waals surface area contributed by atoms with Crippen LogP contribution >= 0.6 is 59.1 Å². The Labute approximate surface area is 154 Å². The molecule has 21 heavy (non-hydrogen) atoms. The molecule has 1 heterocycles. The third kappa shape index (κ3) is 4.32. The highest BCUT2D eigenvalue weighted by Crippen LogP contribution is 2.40. The molecule has 0 spiro atoms. The van der Waals surface area contributed by atoms with Gasteiger partial charge < -0.3 is 10.1 Å². The maximum Gasteiger partial charge on any atom is 0.120 e. The number of halogens is 3. The highest BCUT2D eigenvalue weighted by atomic mass is 79.9. The van der Waals surface area contributed by atoms with Crippen LogP contribution in [-0.4, -0.2) is 13.2 Å². The molecule has 0 saturated heterocycles. The Morgan fingerprint density at radius 3 is 2.43 bits per heavy atom. The van der Waals surface area contributed by atoms with Crippen LogP contribution in [0.1, 0.15) is 31.0 Å². The molecule has 0 amide bonds. The topological polar surface area (TPSA) is 21.3 Å². The number of thiophene rings is 1. The Hall–Kier alpha value is 0.120. The molecule has 2 aromatic rings. The van der Waals surface area contributed by atoms with Gasteiger partial charge in [-0.25, -0.2) is 0 Å². The molecule has 0 aliphatic carbocycles. The summed E-state index contributed by atoms with van der Waals surface area (Å²) in [5.41, 5.74) is 2.44. The lowest BCUT2D eigenvalue weighted by Crippen LogP contribution is -2.22. The molecule has 1 atom stereocenters. The predicted molar refractivity (Wildman–Crippen MR) is 101 cm³/mol. The van der Waals surface area contributed by atoms with E-state index in [2.05, 4.69) is 72.2 Å². The van der Waals surface area contributed by atoms with Crippen molar-refractivity contribution in [1.82, 2.24) is 5.32 Å². The summed E-state index contributed by atoms with van der Waals surface area (Å²) in [5.74, 6) is 0.883. The van der Waals surface area contributed by atoms with Crippen molar-refractivity contribution in [1.29, 1.82) is 0 Å². The van der Waals surface area contributed by atoms with Crippen LogP contribution in [0.2, 0.25) is 0 Å². The number of rotatable bonds is 6. The summed E-state index contributed by atoms with van der Waals surface area (Å²) in [5, 5.41) is 3.55. The standard InChI is InChI=1S/C15H16Br3NOS/c1-3-19-14(11-8-13(17)21-15(11)18)10-6-5-9(20-4-2)7-12(10)16/h5-8,14,19H,3-4H2,1-2H3. The van der Waals surface area contributed by atoms with Gasteiger partial charge in [-0.05, 0) is 74.7 Å². The second-order valence-electron chi connectivity index (χ2n) is 4.39. The van der Waals surface area contributed by atoms with Gasteiger partial charge in [0.2, 0.25) is 0 Å². The van der Waals surface area contributed by atoms with Crippen LogP contribution in [0.4, 0.5) is 0 Å². The van der Waals surface area contributed by atoms with E-state index in [-0.39, 0.29) is 6.04 Å². The minimum atomic E-state index is 0.136. The van der Waals surface area contributed by atoms with E-state index in [1.165, 1.54) is 11.1 Å². The molecular weight excluding hydrogens is 482 g/mol. The highest BCUT2D eigenvalue weighted by Gasteiger charge is 2.20. The fraction of sp³-hybridized carbons (Fsp3) is 0.333. The minimum Gasteiger partial charge on any atom is -0.494 e. The molecule has 2 nitrogen and oxygen atoms in total. The van der Waals surface area contributed by atoms with Crippen molar-refractivity contribution in [2.24, 2.45) is 0 Å². The van der Waals surface area contributed by atoms with E-state index in [4.69, 9.17) is 4.74 Å². The molecule has 6 heteroatoms. The Kier molecular flexibility index (Phi) is 6.75. The van der Waals surface area contributed by atoms with Gasteiger partial charge in [0, 0.05) is 4.47 Å². The zero-order chi connectivity index (χ0) is 15.4. The van der Waals surface area contributed by atoms with Gasteiger partial charge in [-0.1, -0.05) is 28.9 Å². The summed E-state index contributed by atoms with van der Waals surface area (Å²) < 4.78 is 8.86. The maximum absolute atomic E-state index is 5.55. The summed E-state index contributed by atoms with van der Waals surface area (Å²) in [6.07, 6.45) is 0. The second-order valence-corrected chi connectivity index (χ2v) is 8.99. The monoisotopic (exact) mass is 495 g/mol. The maximum atomic E-state index is 5.55. The molecule has 0 aliphatic heterocycles. The lowest BCUT2D eigenvalue weighted by atomic mass is 10.0. The molecule has 114 valence electrons. The smallest absolute Gasteiger partial charge is 0.120 e. The van der Waals surface area contributed by atoms with Gasteiger partial charge in [-0.15, -0.1) is 11.3 Å². The Morgan fingerprint density at radius 2 is 1.90 bits per heavy atom. The summed E-state index contributed by atoms with van der Waals surface area (Å²) in [6, 6.07) is 8.45. The van der Waals surface area contributed by atoms with Crippen LogP contribution in [0.25, 0.3) is 0 Å². The molecule has 0 saturated carbocycles. The van der Waals surface area contributed by atoms with Crippen molar-refractivity contribution >= 4 is 59.1 Å². The first-order chi connectivity index (χ1) is 10.1. The summed E-state index contributed by atoms with van der Waals surface area (Å²) in [7, 11) is 0. The van der Waals surface area contributed by atoms with Gasteiger partial charge in [-0.3, -0.25) is 0 Å². The van der Waals surface area contributed by atoms with Crippen LogP contribution in [0.15, 0.2) is 36.3 Å². The first-order valence-corrected chi connectivity index (χ1v) is 9.86. The van der Waals surface area contributed by atoms with Crippen molar-refractivity contribution in [3.8, 4) is 5.75 Å². The van der Waals surface area contributed by atoms with Gasteiger partial charge >= 0.3 is 0 Å². The van der Waals surface area contributed by atoms with E-state index in [1.807, 2.05) is 19.1 Å². The molecule has 1 N–H and O–H groups in total. The number of hydrogen-bond acceptors (Lipinski definition) is 3. The molecule has 0 fully saturated rings. The van der Waals surface area contributed by atoms with E-state index in [0.29, 0.717) is 6.61 Å². The minimum absolute atomic E-state index is 0.136. The van der Waals surface area contributed by atoms with Crippen LogP contribution in [0.5, 0.6) is 5.75 Å². The lowest BCUT2D eigenvalue weighted by molar-refractivity contribution is 0.340. The van der Waals surface area contributed by atoms with E-state index in [9.17, 15) is 0 Å². The van der Waals surface area contributed by atoms with Crippen molar-refractivity contribution in [2.75, 3.05) is 13.2 Å². The van der Waals surface area contributed by atoms with E-state index >= 15 is 0 Å². The van der Waals surface area contributed by atoms with Gasteiger partial charge in [0.05, 0.1) is 20.2 Å². The van der Waals surface area contributed by atoms with Crippen LogP contribution in [0.3, 0.4) is 0 Å². The first-order valence-electron chi connectivity index (χ1n) is 6.67. The third-order valence-corrected chi connectivity index (χ3v) is 6.07. The summed E-state index contributed by atoms with van der Waals surface area (Å²) >= 11 is 12.6. The average Bonchev–Trinajstić information content (AvgIpc) is 2.76. The number of hydrogen-bond donors (Lipinski definition) is 1. The van der Waals surface area contributed by atoms with Gasteiger partial charge in [0.1, 0.15) is 5.75 Å². The first kappa shape index (κ1) is 17.5. The average molecular weight is 498 g/mol. The van der Waals surface area contributed by atoms with E-state index in [1.54, 1.807) is 11.3 Å². The number of ether oxygens (including phenoxy) is 1. The SMILES string of the molecule is CCNC(c1ccc(OCC)cc1Br)c1cc(Br)sc1Br. The highest BCUT2D eigenvalue weighted by molar-refractivity contribution is 9.12. The second kappa shape index (κ2) is 8.11. The summed E-state index contributed by atoms with van der Waals surface area (Å²) in [4.78, 5) is 0. The van der Waals surface area contributed by atoms with Gasteiger partial charge in [0.15, 0.2) is 0 Å². The predicted octanol–water partition coefficient (Wildman–Crippen LogP) is 6.13. The number of nitrogens with one attached hydrogen (secondary N) is 1. The quantitative estimate of drug-likeness (QED) is 0.518. The lowest BCUT2D eigenvalue weighted by Gasteiger charge is -2.20. The van der Waals surface area contributed by atoms with Crippen molar-refractivity contribution in [3.63, 3.8) is 0 Å². The normalized spacial score (nSPS) is 12.4. The molecule has 0 bridgehead atoms. The Balaban J connectivity index is 2.41. The number of benzene rings is 1. The van der Waals surface area contributed by atoms with Crippen molar-refractivity contribution in [3.05, 3.63) is 47.4 Å². The van der Waals surface area contributed by atoms with Gasteiger partial charge in [0.25, 0.3) is 0 Å². The zero-order valence-corrected chi connectivity index (χ0v) is 17.3. The molecule has 2 rings (SSSR count). The molecule has 1 aromatic carbocycles. The zero-order valence-electron chi connectivity index (χ0n) is 11.8. The molecule has 0 radical (unpaired) electrons. The van der Waals surface area contributed by atoms with E-state index < -0.39 is 0 Å². The van der Waals surface area contributed by atoms with Crippen LogP contribution in [-0.2, 0) is 0 Å². The van der Waals surface area contributed by atoms with Crippen molar-refractivity contribution < 1.29 is 4.74 Å². The molecule has 1 aromatic heterocycles. The van der Waals surface area contributed by atoms with Crippen LogP contribution in [0, 0.1) is 0 Å². The Morgan fingerprint density at radius 1 is 1.14 bits per heavy atom. The summed E-state index contributed by atoms with van der Waals surface area (Å²) in [6.45, 7) is 5.67. The third-order valence-electron chi connectivity index (χ3n) is 3.00.